The van der Waals surface area contributed by atoms with Crippen molar-refractivity contribution in [3.8, 4) is 12.1 Å². The number of rotatable bonds is 9. The van der Waals surface area contributed by atoms with Crippen molar-refractivity contribution in [2.75, 3.05) is 23.0 Å². The number of carbonyl (C=O) groups excluding carboxylic acids is 1. The van der Waals surface area contributed by atoms with E-state index in [-0.39, 0.29) is 24.1 Å². The lowest BCUT2D eigenvalue weighted by atomic mass is 10.1. The van der Waals surface area contributed by atoms with E-state index in [2.05, 4.69) is 17.2 Å². The van der Waals surface area contributed by atoms with Crippen LogP contribution in [0, 0.1) is 22.7 Å². The van der Waals surface area contributed by atoms with Crippen LogP contribution in [0.1, 0.15) is 18.4 Å². The van der Waals surface area contributed by atoms with Crippen molar-refractivity contribution in [2.45, 2.75) is 17.7 Å². The van der Waals surface area contributed by atoms with Crippen LogP contribution < -0.4 is 9.91 Å². The third-order valence-corrected chi connectivity index (χ3v) is 5.86. The molecule has 0 saturated heterocycles. The number of carboxylic acids is 1. The number of aliphatic carboxylic acids is 1. The van der Waals surface area contributed by atoms with E-state index in [1.807, 2.05) is 4.90 Å². The normalized spacial score (nSPS) is 14.4. The van der Waals surface area contributed by atoms with Gasteiger partial charge in [-0.2, -0.15) is 20.6 Å². The Bertz CT molecular complexity index is 1370. The molecule has 1 aliphatic heterocycles. The Morgan fingerprint density at radius 2 is 1.63 bits per heavy atom. The number of hydrogen-bond donors (Lipinski definition) is 1. The summed E-state index contributed by atoms with van der Waals surface area (Å²) in [6.45, 7) is 0.878. The molecule has 2 aromatic rings. The third-order valence-electron chi connectivity index (χ3n) is 5.01. The largest absolute Gasteiger partial charge is 0.744 e. The van der Waals surface area contributed by atoms with Crippen LogP contribution in [0.25, 0.3) is 6.08 Å². The van der Waals surface area contributed by atoms with Gasteiger partial charge in [-0.25, -0.2) is 13.2 Å². The molecule has 1 N–H and O–H groups in total. The summed E-state index contributed by atoms with van der Waals surface area (Å²) in [5.41, 5.74) is 0.685. The molecule has 0 aromatic heterocycles. The van der Waals surface area contributed by atoms with Crippen LogP contribution in [-0.2, 0) is 19.7 Å². The minimum atomic E-state index is -4.68. The lowest BCUT2D eigenvalue weighted by molar-refractivity contribution is -0.129. The molecule has 0 saturated carbocycles. The Hall–Kier alpha value is -4.52. The van der Waals surface area contributed by atoms with Gasteiger partial charge in [-0.1, -0.05) is 12.1 Å². The Balaban J connectivity index is 1.89. The second-order valence-corrected chi connectivity index (χ2v) is 8.65. The van der Waals surface area contributed by atoms with Gasteiger partial charge in [-0.3, -0.25) is 4.79 Å². The summed E-state index contributed by atoms with van der Waals surface area (Å²) in [5.74, 6) is -2.17. The van der Waals surface area contributed by atoms with Gasteiger partial charge in [0.25, 0.3) is 5.91 Å². The number of carbonyl (C=O) groups is 2. The number of nitriles is 2. The van der Waals surface area contributed by atoms with Crippen molar-refractivity contribution in [3.05, 3.63) is 59.7 Å². The molecule has 0 radical (unpaired) electrons. The average molecular weight is 492 g/mol. The zero-order valence-electron chi connectivity index (χ0n) is 18.2. The van der Waals surface area contributed by atoms with E-state index in [1.54, 1.807) is 24.3 Å². The van der Waals surface area contributed by atoms with Crippen molar-refractivity contribution in [1.29, 1.82) is 10.5 Å². The van der Waals surface area contributed by atoms with Gasteiger partial charge in [0.1, 0.15) is 10.1 Å². The first-order valence-corrected chi connectivity index (χ1v) is 11.6. The van der Waals surface area contributed by atoms with Crippen molar-refractivity contribution in [1.82, 2.24) is 0 Å². The summed E-state index contributed by atoms with van der Waals surface area (Å²) >= 11 is 0. The van der Waals surface area contributed by atoms with E-state index < -0.39 is 32.6 Å². The van der Waals surface area contributed by atoms with Gasteiger partial charge >= 0.3 is 5.97 Å². The number of hydrogen-bond acceptors (Lipinski definition) is 9. The highest BCUT2D eigenvalue weighted by Crippen LogP contribution is 2.27. The molecule has 35 heavy (non-hydrogen) atoms. The van der Waals surface area contributed by atoms with E-state index in [4.69, 9.17) is 10.5 Å². The quantitative estimate of drug-likeness (QED) is 0.405. The molecule has 1 heterocycles. The van der Waals surface area contributed by atoms with Crippen LogP contribution >= 0.6 is 0 Å². The van der Waals surface area contributed by atoms with Crippen LogP contribution in [0.15, 0.2) is 64.1 Å². The van der Waals surface area contributed by atoms with Gasteiger partial charge in [0.2, 0.25) is 0 Å². The Labute approximate surface area is 201 Å². The van der Waals surface area contributed by atoms with Crippen LogP contribution in [0.5, 0.6) is 0 Å². The van der Waals surface area contributed by atoms with E-state index in [0.29, 0.717) is 18.7 Å². The highest BCUT2D eigenvalue weighted by Gasteiger charge is 2.35. The smallest absolute Gasteiger partial charge is 0.357 e. The Morgan fingerprint density at radius 3 is 2.11 bits per heavy atom. The van der Waals surface area contributed by atoms with Crippen molar-refractivity contribution in [3.63, 3.8) is 0 Å². The van der Waals surface area contributed by atoms with Gasteiger partial charge in [-0.15, -0.1) is 0 Å². The second kappa shape index (κ2) is 10.6. The highest BCUT2D eigenvalue weighted by molar-refractivity contribution is 7.85. The van der Waals surface area contributed by atoms with Gasteiger partial charge in [0.15, 0.2) is 5.71 Å². The molecule has 0 aliphatic carbocycles. The van der Waals surface area contributed by atoms with Gasteiger partial charge in [0.05, 0.1) is 41.1 Å². The SMILES string of the molecule is N#CCCN(CCC#N)c1ccc(C=C2C(=O)N(c3ccc(S(=O)(=O)[O-])cc3)N=C2C(=O)O)cc1. The first-order valence-electron chi connectivity index (χ1n) is 10.2. The lowest BCUT2D eigenvalue weighted by Crippen LogP contribution is -2.25. The summed E-state index contributed by atoms with van der Waals surface area (Å²) in [6, 6.07) is 15.3. The fraction of sp³-hybridized carbons (Fsp3) is 0.174. The summed E-state index contributed by atoms with van der Waals surface area (Å²) < 4.78 is 33.3. The lowest BCUT2D eigenvalue weighted by Gasteiger charge is -2.22. The molecule has 2 aromatic carbocycles. The van der Waals surface area contributed by atoms with Crippen LogP contribution in [0.2, 0.25) is 0 Å². The first kappa shape index (κ1) is 25.1. The molecule has 0 fully saturated rings. The molecule has 3 rings (SSSR count). The highest BCUT2D eigenvalue weighted by atomic mass is 32.2. The molecule has 0 spiro atoms. The first-order chi connectivity index (χ1) is 16.7. The number of carboxylic acid groups (broad SMARTS) is 1. The fourth-order valence-electron chi connectivity index (χ4n) is 3.32. The third kappa shape index (κ3) is 5.89. The van der Waals surface area contributed by atoms with Crippen LogP contribution in [0.3, 0.4) is 0 Å². The molecule has 178 valence electrons. The number of anilines is 2. The molecule has 0 unspecified atom stereocenters. The van der Waals surface area contributed by atoms with Crippen LogP contribution in [0.4, 0.5) is 11.4 Å². The maximum Gasteiger partial charge on any atom is 0.357 e. The molecule has 1 aliphatic rings. The van der Waals surface area contributed by atoms with E-state index in [1.165, 1.54) is 18.2 Å². The van der Waals surface area contributed by atoms with Crippen molar-refractivity contribution in [2.24, 2.45) is 5.10 Å². The fourth-order valence-corrected chi connectivity index (χ4v) is 3.79. The molecular weight excluding hydrogens is 474 g/mol. The Morgan fingerprint density at radius 1 is 1.06 bits per heavy atom. The molecular formula is C23H18N5O6S-. The number of nitrogens with zero attached hydrogens (tertiary/aromatic N) is 5. The van der Waals surface area contributed by atoms with Crippen LogP contribution in [-0.4, -0.2) is 48.8 Å². The number of amides is 1. The molecule has 11 nitrogen and oxygen atoms in total. The average Bonchev–Trinajstić information content (AvgIpc) is 3.15. The summed E-state index contributed by atoms with van der Waals surface area (Å²) in [5, 5.41) is 31.9. The van der Waals surface area contributed by atoms with Crippen molar-refractivity contribution >= 4 is 45.2 Å². The summed E-state index contributed by atoms with van der Waals surface area (Å²) in [6.07, 6.45) is 1.92. The molecule has 0 bridgehead atoms. The predicted octanol–water partition coefficient (Wildman–Crippen LogP) is 2.10. The monoisotopic (exact) mass is 492 g/mol. The van der Waals surface area contributed by atoms with Gasteiger partial charge < -0.3 is 14.6 Å². The molecule has 12 heteroatoms. The zero-order chi connectivity index (χ0) is 25.6. The molecule has 1 amide bonds. The second-order valence-electron chi connectivity index (χ2n) is 7.27. The predicted molar refractivity (Wildman–Crippen MR) is 124 cm³/mol. The minimum Gasteiger partial charge on any atom is -0.744 e. The maximum absolute atomic E-state index is 12.9. The van der Waals surface area contributed by atoms with Gasteiger partial charge in [0, 0.05) is 18.8 Å². The van der Waals surface area contributed by atoms with Gasteiger partial charge in [-0.05, 0) is 48.0 Å². The standard InChI is InChI=1S/C23H19N5O6S/c24-11-1-13-27(14-2-12-25)17-5-3-16(4-6-17)15-20-21(23(30)31)26-28(22(20)29)18-7-9-19(10-8-18)35(32,33)34/h3-10,15H,1-2,13-14H2,(H,30,31)(H,32,33,34)/p-1. The van der Waals surface area contributed by atoms with E-state index in [0.717, 1.165) is 22.8 Å². The Kier molecular flexibility index (Phi) is 7.61. The minimum absolute atomic E-state index is 0.0884. The van der Waals surface area contributed by atoms with E-state index >= 15 is 0 Å². The molecule has 0 atom stereocenters. The topological polar surface area (TPSA) is 178 Å². The number of benzene rings is 2. The summed E-state index contributed by atoms with van der Waals surface area (Å²) in [7, 11) is -4.68. The number of hydrazone groups is 1. The zero-order valence-corrected chi connectivity index (χ0v) is 19.0. The van der Waals surface area contributed by atoms with E-state index in [9.17, 15) is 27.7 Å². The summed E-state index contributed by atoms with van der Waals surface area (Å²) in [4.78, 5) is 26.1. The maximum atomic E-state index is 12.9. The van der Waals surface area contributed by atoms with Crippen molar-refractivity contribution < 1.29 is 27.7 Å².